The van der Waals surface area contributed by atoms with Crippen LogP contribution < -0.4 is 11.1 Å². The van der Waals surface area contributed by atoms with Gasteiger partial charge in [0.05, 0.1) is 6.61 Å². The molecule has 1 heterocycles. The minimum absolute atomic E-state index is 0.281. The van der Waals surface area contributed by atoms with E-state index in [1.807, 2.05) is 0 Å². The highest BCUT2D eigenvalue weighted by molar-refractivity contribution is 5.82. The van der Waals surface area contributed by atoms with Crippen LogP contribution in [-0.2, 0) is 4.79 Å². The van der Waals surface area contributed by atoms with Gasteiger partial charge in [-0.25, -0.2) is 9.59 Å². The van der Waals surface area contributed by atoms with Crippen LogP contribution in [0, 0.1) is 5.92 Å². The first kappa shape index (κ1) is 12.7. The van der Waals surface area contributed by atoms with Gasteiger partial charge in [0.2, 0.25) is 0 Å². The molecule has 1 saturated heterocycles. The Morgan fingerprint density at radius 2 is 2.25 bits per heavy atom. The van der Waals surface area contributed by atoms with Gasteiger partial charge in [0.1, 0.15) is 0 Å². The molecule has 0 aromatic carbocycles. The van der Waals surface area contributed by atoms with Gasteiger partial charge >= 0.3 is 12.0 Å². The van der Waals surface area contributed by atoms with E-state index in [1.165, 1.54) is 4.90 Å². The van der Waals surface area contributed by atoms with E-state index >= 15 is 0 Å². The number of amides is 2. The maximum Gasteiger partial charge on any atom is 0.328 e. The second-order valence-electron chi connectivity index (χ2n) is 3.86. The summed E-state index contributed by atoms with van der Waals surface area (Å²) in [7, 11) is 0. The normalized spacial score (nSPS) is 21.9. The summed E-state index contributed by atoms with van der Waals surface area (Å²) >= 11 is 0. The van der Waals surface area contributed by atoms with Crippen LogP contribution in [0.4, 0.5) is 4.79 Å². The predicted molar refractivity (Wildman–Crippen MR) is 55.8 cm³/mol. The van der Waals surface area contributed by atoms with Crippen molar-refractivity contribution in [1.82, 2.24) is 10.2 Å². The zero-order valence-corrected chi connectivity index (χ0v) is 8.93. The first-order valence-corrected chi connectivity index (χ1v) is 5.17. The number of carbonyl (C=O) groups excluding carboxylic acids is 1. The Labute approximate surface area is 93.2 Å². The summed E-state index contributed by atoms with van der Waals surface area (Å²) in [6, 6.07) is -1.71. The summed E-state index contributed by atoms with van der Waals surface area (Å²) in [6.07, 6.45) is 0.834. The molecule has 0 spiro atoms. The molecule has 1 fully saturated rings. The number of nitrogens with zero attached hydrogens (tertiary/aromatic N) is 1. The van der Waals surface area contributed by atoms with Crippen LogP contribution in [0.1, 0.15) is 6.42 Å². The van der Waals surface area contributed by atoms with Crippen molar-refractivity contribution in [2.45, 2.75) is 12.5 Å². The highest BCUT2D eigenvalue weighted by atomic mass is 16.4. The predicted octanol–water partition coefficient (Wildman–Crippen LogP) is -1.58. The number of urea groups is 1. The van der Waals surface area contributed by atoms with E-state index in [1.54, 1.807) is 0 Å². The smallest absolute Gasteiger partial charge is 0.328 e. The number of aliphatic carboxylic acids is 1. The number of aliphatic hydroxyl groups is 1. The van der Waals surface area contributed by atoms with E-state index in [0.717, 1.165) is 6.42 Å². The van der Waals surface area contributed by atoms with Crippen molar-refractivity contribution in [2.75, 3.05) is 26.2 Å². The lowest BCUT2D eigenvalue weighted by molar-refractivity contribution is -0.140. The van der Waals surface area contributed by atoms with Gasteiger partial charge in [0, 0.05) is 13.1 Å². The Morgan fingerprint density at radius 3 is 2.69 bits per heavy atom. The zero-order chi connectivity index (χ0) is 12.1. The van der Waals surface area contributed by atoms with Gasteiger partial charge in [-0.05, 0) is 18.9 Å². The quantitative estimate of drug-likeness (QED) is 0.466. The van der Waals surface area contributed by atoms with Crippen molar-refractivity contribution < 1.29 is 19.8 Å². The van der Waals surface area contributed by atoms with Crippen LogP contribution in [-0.4, -0.2) is 59.4 Å². The molecule has 1 unspecified atom stereocenters. The molecule has 2 atom stereocenters. The molecule has 0 aliphatic carbocycles. The maximum atomic E-state index is 11.6. The van der Waals surface area contributed by atoms with E-state index in [4.69, 9.17) is 15.9 Å². The Bertz CT molecular complexity index is 271. The topological polar surface area (TPSA) is 116 Å². The van der Waals surface area contributed by atoms with E-state index in [2.05, 4.69) is 5.32 Å². The molecular weight excluding hydrogens is 214 g/mol. The van der Waals surface area contributed by atoms with Crippen molar-refractivity contribution in [3.05, 3.63) is 0 Å². The number of carboxylic acid groups (broad SMARTS) is 1. The zero-order valence-electron chi connectivity index (χ0n) is 8.93. The molecule has 0 radical (unpaired) electrons. The first-order valence-electron chi connectivity index (χ1n) is 5.17. The van der Waals surface area contributed by atoms with Crippen LogP contribution >= 0.6 is 0 Å². The van der Waals surface area contributed by atoms with Crippen molar-refractivity contribution in [3.63, 3.8) is 0 Å². The third kappa shape index (κ3) is 3.07. The van der Waals surface area contributed by atoms with Crippen LogP contribution in [0.5, 0.6) is 0 Å². The second-order valence-corrected chi connectivity index (χ2v) is 3.86. The highest BCUT2D eigenvalue weighted by Crippen LogP contribution is 2.14. The summed E-state index contributed by atoms with van der Waals surface area (Å²) < 4.78 is 0. The molecule has 1 aliphatic heterocycles. The maximum absolute atomic E-state index is 11.6. The van der Waals surface area contributed by atoms with E-state index in [-0.39, 0.29) is 5.92 Å². The molecule has 0 aromatic rings. The molecule has 1 aliphatic rings. The average molecular weight is 231 g/mol. The van der Waals surface area contributed by atoms with Gasteiger partial charge < -0.3 is 26.2 Å². The van der Waals surface area contributed by atoms with Crippen LogP contribution in [0.15, 0.2) is 0 Å². The minimum atomic E-state index is -1.25. The number of carboxylic acids is 1. The van der Waals surface area contributed by atoms with Gasteiger partial charge in [-0.1, -0.05) is 0 Å². The number of nitrogens with one attached hydrogen (secondary N) is 1. The Kier molecular flexibility index (Phi) is 4.51. The lowest BCUT2D eigenvalue weighted by atomic mass is 10.1. The third-order valence-electron chi connectivity index (χ3n) is 2.68. The third-order valence-corrected chi connectivity index (χ3v) is 2.68. The first-order chi connectivity index (χ1) is 7.58. The molecule has 2 amide bonds. The lowest BCUT2D eigenvalue weighted by Gasteiger charge is -2.19. The fourth-order valence-corrected chi connectivity index (χ4v) is 1.64. The molecule has 0 aromatic heterocycles. The molecule has 0 saturated carbocycles. The molecule has 7 heteroatoms. The Morgan fingerprint density at radius 1 is 1.56 bits per heavy atom. The number of nitrogens with two attached hydrogens (primary N) is 1. The fourth-order valence-electron chi connectivity index (χ4n) is 1.64. The standard InChI is InChI=1S/C9H17N3O4/c10-3-6-1-2-12(4-6)9(16)11-7(5-13)8(14)15/h6-7,13H,1-5,10H2,(H,11,16)(H,14,15)/t6?,7-/m0/s1. The summed E-state index contributed by atoms with van der Waals surface area (Å²) in [5.41, 5.74) is 5.48. The van der Waals surface area contributed by atoms with Crippen LogP contribution in [0.3, 0.4) is 0 Å². The summed E-state index contributed by atoms with van der Waals surface area (Å²) in [5, 5.41) is 19.7. The van der Waals surface area contributed by atoms with E-state index < -0.39 is 24.6 Å². The molecule has 0 bridgehead atoms. The second kappa shape index (κ2) is 5.66. The van der Waals surface area contributed by atoms with Gasteiger partial charge in [0.15, 0.2) is 6.04 Å². The SMILES string of the molecule is NCC1CCN(C(=O)N[C@@H](CO)C(=O)O)C1. The summed E-state index contributed by atoms with van der Waals surface area (Å²) in [4.78, 5) is 23.7. The number of hydrogen-bond acceptors (Lipinski definition) is 4. The highest BCUT2D eigenvalue weighted by Gasteiger charge is 2.28. The van der Waals surface area contributed by atoms with Gasteiger partial charge in [-0.3, -0.25) is 0 Å². The largest absolute Gasteiger partial charge is 0.480 e. The van der Waals surface area contributed by atoms with E-state index in [0.29, 0.717) is 19.6 Å². The average Bonchev–Trinajstić information content (AvgIpc) is 2.73. The van der Waals surface area contributed by atoms with Crippen molar-refractivity contribution in [1.29, 1.82) is 0 Å². The van der Waals surface area contributed by atoms with Gasteiger partial charge in [-0.2, -0.15) is 0 Å². The minimum Gasteiger partial charge on any atom is -0.480 e. The molecule has 1 rings (SSSR count). The number of hydrogen-bond donors (Lipinski definition) is 4. The van der Waals surface area contributed by atoms with Crippen molar-refractivity contribution >= 4 is 12.0 Å². The van der Waals surface area contributed by atoms with Crippen LogP contribution in [0.2, 0.25) is 0 Å². The summed E-state index contributed by atoms with van der Waals surface area (Å²) in [5.74, 6) is -0.964. The van der Waals surface area contributed by atoms with E-state index in [9.17, 15) is 9.59 Å². The fraction of sp³-hybridized carbons (Fsp3) is 0.778. The Balaban J connectivity index is 2.43. The van der Waals surface area contributed by atoms with Gasteiger partial charge in [0.25, 0.3) is 0 Å². The van der Waals surface area contributed by atoms with Crippen LogP contribution in [0.25, 0.3) is 0 Å². The molecule has 16 heavy (non-hydrogen) atoms. The van der Waals surface area contributed by atoms with Gasteiger partial charge in [-0.15, -0.1) is 0 Å². The Hall–Kier alpha value is -1.34. The monoisotopic (exact) mass is 231 g/mol. The molecular formula is C9H17N3O4. The molecule has 7 nitrogen and oxygen atoms in total. The number of rotatable bonds is 4. The molecule has 5 N–H and O–H groups in total. The lowest BCUT2D eigenvalue weighted by Crippen LogP contribution is -2.49. The number of aliphatic hydroxyl groups excluding tert-OH is 1. The summed E-state index contributed by atoms with van der Waals surface area (Å²) in [6.45, 7) is 1.02. The van der Waals surface area contributed by atoms with Crippen molar-refractivity contribution in [3.8, 4) is 0 Å². The number of carbonyl (C=O) groups is 2. The molecule has 92 valence electrons. The van der Waals surface area contributed by atoms with Crippen molar-refractivity contribution in [2.24, 2.45) is 11.7 Å². The number of likely N-dealkylation sites (tertiary alicyclic amines) is 1.